The number of benzene rings is 2. The Labute approximate surface area is 277 Å². The molecule has 3 heterocycles. The van der Waals surface area contributed by atoms with E-state index in [1.807, 2.05) is 46.8 Å². The molecule has 0 unspecified atom stereocenters. The minimum absolute atomic E-state index is 0.0229. The predicted molar refractivity (Wildman–Crippen MR) is 182 cm³/mol. The van der Waals surface area contributed by atoms with Crippen molar-refractivity contribution < 1.29 is 14.3 Å². The Hall–Kier alpha value is -4.43. The highest BCUT2D eigenvalue weighted by Gasteiger charge is 2.56. The van der Waals surface area contributed by atoms with Crippen molar-refractivity contribution in [2.75, 3.05) is 56.6 Å². The van der Waals surface area contributed by atoms with Gasteiger partial charge in [0, 0.05) is 63.5 Å². The topological polar surface area (TPSA) is 109 Å². The summed E-state index contributed by atoms with van der Waals surface area (Å²) in [7, 11) is 3.77. The van der Waals surface area contributed by atoms with Crippen molar-refractivity contribution in [3.05, 3.63) is 59.5 Å². The molecule has 3 aromatic rings. The summed E-state index contributed by atoms with van der Waals surface area (Å²) in [6.45, 7) is 10.9. The summed E-state index contributed by atoms with van der Waals surface area (Å²) >= 11 is 0. The van der Waals surface area contributed by atoms with E-state index in [1.165, 1.54) is 10.8 Å². The van der Waals surface area contributed by atoms with E-state index >= 15 is 0 Å². The molecule has 47 heavy (non-hydrogen) atoms. The second-order valence-electron chi connectivity index (χ2n) is 14.1. The van der Waals surface area contributed by atoms with Gasteiger partial charge in [-0.15, -0.1) is 0 Å². The summed E-state index contributed by atoms with van der Waals surface area (Å²) in [6.07, 6.45) is 1.92. The minimum Gasteiger partial charge on any atom is -0.444 e. The minimum atomic E-state index is -0.768. The molecule has 11 nitrogen and oxygen atoms in total. The fourth-order valence-corrected chi connectivity index (χ4v) is 6.98. The number of fused-ring (bicyclic) bond motifs is 2. The molecule has 3 aliphatic rings. The van der Waals surface area contributed by atoms with Crippen LogP contribution >= 0.6 is 0 Å². The first-order valence-corrected chi connectivity index (χ1v) is 16.7. The van der Waals surface area contributed by atoms with Crippen molar-refractivity contribution in [3.8, 4) is 6.07 Å². The Balaban J connectivity index is 1.39. The van der Waals surface area contributed by atoms with Crippen LogP contribution in [0.3, 0.4) is 0 Å². The largest absolute Gasteiger partial charge is 0.444 e. The van der Waals surface area contributed by atoms with Gasteiger partial charge in [0.1, 0.15) is 22.7 Å². The first-order chi connectivity index (χ1) is 22.5. The molecule has 6 rings (SSSR count). The number of hydrazine groups is 1. The molecule has 2 aromatic carbocycles. The maximum atomic E-state index is 14.0. The van der Waals surface area contributed by atoms with E-state index in [-0.39, 0.29) is 18.4 Å². The summed E-state index contributed by atoms with van der Waals surface area (Å²) in [4.78, 5) is 43.9. The summed E-state index contributed by atoms with van der Waals surface area (Å²) in [5.41, 5.74) is 1.78. The number of carbonyl (C=O) groups is 2. The Morgan fingerprint density at radius 3 is 2.47 bits per heavy atom. The number of nitrogens with zero attached hydrogens (tertiary/aromatic N) is 8. The van der Waals surface area contributed by atoms with Crippen molar-refractivity contribution in [2.45, 2.75) is 77.0 Å². The van der Waals surface area contributed by atoms with E-state index in [2.05, 4.69) is 58.3 Å². The smallest absolute Gasteiger partial charge is 0.410 e. The summed E-state index contributed by atoms with van der Waals surface area (Å²) in [5, 5.41) is 15.7. The quantitative estimate of drug-likeness (QED) is 0.334. The second-order valence-corrected chi connectivity index (χ2v) is 14.1. The van der Waals surface area contributed by atoms with Crippen LogP contribution in [-0.4, -0.2) is 95.3 Å². The molecule has 0 bridgehead atoms. The summed E-state index contributed by atoms with van der Waals surface area (Å²) in [6, 6.07) is 16.8. The van der Waals surface area contributed by atoms with Crippen LogP contribution in [0.15, 0.2) is 42.5 Å². The van der Waals surface area contributed by atoms with Gasteiger partial charge in [-0.2, -0.15) is 5.26 Å². The maximum absolute atomic E-state index is 14.0. The predicted octanol–water partition coefficient (Wildman–Crippen LogP) is 4.89. The highest BCUT2D eigenvalue weighted by Crippen LogP contribution is 2.49. The molecule has 2 amide bonds. The lowest BCUT2D eigenvalue weighted by molar-refractivity contribution is -0.147. The van der Waals surface area contributed by atoms with Gasteiger partial charge in [-0.25, -0.2) is 19.8 Å². The lowest BCUT2D eigenvalue weighted by Crippen LogP contribution is -2.56. The number of piperazine rings is 1. The molecule has 0 radical (unpaired) electrons. The monoisotopic (exact) mass is 638 g/mol. The van der Waals surface area contributed by atoms with Gasteiger partial charge in [-0.05, 0) is 58.4 Å². The number of nitriles is 1. The third kappa shape index (κ3) is 6.31. The standard InChI is InChI=1S/C36H46N8O3/c1-7-44(40(5)6)33(45)36(17-18-36)32-38-29-24-41(30-14-10-12-25-11-8-9-13-27(25)30)20-16-28(29)31(39-32)42-21-22-43(26(23-42)15-19-37)34(46)47-35(2,3)4/h8-14,26H,7,15-18,20-24H2,1-6H3/t26-/m0/s1. The Morgan fingerprint density at radius 2 is 1.79 bits per heavy atom. The van der Waals surface area contributed by atoms with Crippen LogP contribution in [0.5, 0.6) is 0 Å². The van der Waals surface area contributed by atoms with E-state index in [1.54, 1.807) is 9.91 Å². The molecule has 0 N–H and O–H groups in total. The second kappa shape index (κ2) is 12.6. The third-order valence-electron chi connectivity index (χ3n) is 9.49. The van der Waals surface area contributed by atoms with Gasteiger partial charge in [0.15, 0.2) is 0 Å². The lowest BCUT2D eigenvalue weighted by atomic mass is 9.99. The van der Waals surface area contributed by atoms with E-state index in [0.717, 1.165) is 35.7 Å². The molecule has 1 aromatic heterocycles. The molecule has 2 aliphatic heterocycles. The number of hydrogen-bond donors (Lipinski definition) is 0. The van der Waals surface area contributed by atoms with Crippen molar-refractivity contribution >= 4 is 34.3 Å². The van der Waals surface area contributed by atoms with Crippen LogP contribution in [0.2, 0.25) is 0 Å². The fourth-order valence-electron chi connectivity index (χ4n) is 6.98. The van der Waals surface area contributed by atoms with Crippen LogP contribution in [-0.2, 0) is 27.9 Å². The molecular formula is C36H46N8O3. The first-order valence-electron chi connectivity index (χ1n) is 16.7. The summed E-state index contributed by atoms with van der Waals surface area (Å²) in [5.74, 6) is 1.42. The van der Waals surface area contributed by atoms with Gasteiger partial charge in [-0.1, -0.05) is 36.4 Å². The van der Waals surface area contributed by atoms with E-state index in [4.69, 9.17) is 14.7 Å². The van der Waals surface area contributed by atoms with Gasteiger partial charge in [-0.3, -0.25) is 9.80 Å². The zero-order valence-corrected chi connectivity index (χ0v) is 28.5. The molecule has 0 spiro atoms. The Bertz CT molecular complexity index is 1700. The maximum Gasteiger partial charge on any atom is 0.410 e. The number of amides is 2. The van der Waals surface area contributed by atoms with Crippen LogP contribution in [0.25, 0.3) is 10.8 Å². The molecule has 1 saturated carbocycles. The van der Waals surface area contributed by atoms with Crippen molar-refractivity contribution in [1.82, 2.24) is 24.9 Å². The first kappa shape index (κ1) is 32.5. The van der Waals surface area contributed by atoms with Gasteiger partial charge in [0.25, 0.3) is 5.91 Å². The number of ether oxygens (including phenoxy) is 1. The molecule has 2 fully saturated rings. The third-order valence-corrected chi connectivity index (χ3v) is 9.49. The highest BCUT2D eigenvalue weighted by atomic mass is 16.6. The molecular weight excluding hydrogens is 592 g/mol. The van der Waals surface area contributed by atoms with Crippen molar-refractivity contribution in [2.24, 2.45) is 0 Å². The van der Waals surface area contributed by atoms with E-state index < -0.39 is 17.1 Å². The van der Waals surface area contributed by atoms with Crippen LogP contribution < -0.4 is 9.80 Å². The van der Waals surface area contributed by atoms with E-state index in [0.29, 0.717) is 51.4 Å². The number of likely N-dealkylation sites (N-methyl/N-ethyl adjacent to an activating group) is 1. The number of aromatic nitrogens is 2. The fraction of sp³-hybridized carbons (Fsp3) is 0.528. The average molecular weight is 639 g/mol. The number of hydrogen-bond acceptors (Lipinski definition) is 9. The molecule has 11 heteroatoms. The van der Waals surface area contributed by atoms with Gasteiger partial charge < -0.3 is 19.4 Å². The number of carbonyl (C=O) groups excluding carboxylic acids is 2. The Morgan fingerprint density at radius 1 is 1.04 bits per heavy atom. The van der Waals surface area contributed by atoms with Gasteiger partial charge in [0.05, 0.1) is 30.8 Å². The van der Waals surface area contributed by atoms with Crippen LogP contribution in [0, 0.1) is 11.3 Å². The van der Waals surface area contributed by atoms with E-state index in [9.17, 15) is 14.9 Å². The number of rotatable bonds is 7. The highest BCUT2D eigenvalue weighted by molar-refractivity contribution is 5.94. The lowest BCUT2D eigenvalue weighted by Gasteiger charge is -2.43. The molecule has 1 saturated heterocycles. The van der Waals surface area contributed by atoms with Crippen LogP contribution in [0.4, 0.5) is 16.3 Å². The summed E-state index contributed by atoms with van der Waals surface area (Å²) < 4.78 is 5.70. The number of anilines is 2. The SMILES string of the molecule is CCN(C(=O)C1(c2nc3c(c(N4CCN(C(=O)OC(C)(C)C)[C@@H](CC#N)C4)n2)CCN(c2cccc4ccccc24)C3)CC1)N(C)C. The molecule has 1 aliphatic carbocycles. The van der Waals surface area contributed by atoms with Gasteiger partial charge >= 0.3 is 6.09 Å². The Kier molecular flexibility index (Phi) is 8.74. The van der Waals surface area contributed by atoms with Crippen LogP contribution in [0.1, 0.15) is 64.0 Å². The molecule has 248 valence electrons. The average Bonchev–Trinajstić information content (AvgIpc) is 3.85. The zero-order valence-electron chi connectivity index (χ0n) is 28.5. The van der Waals surface area contributed by atoms with Crippen molar-refractivity contribution in [3.63, 3.8) is 0 Å². The molecule has 1 atom stereocenters. The van der Waals surface area contributed by atoms with Gasteiger partial charge in [0.2, 0.25) is 0 Å². The zero-order chi connectivity index (χ0) is 33.5. The van der Waals surface area contributed by atoms with Crippen molar-refractivity contribution in [1.29, 1.82) is 5.26 Å². The normalized spacial score (nSPS) is 18.9.